The smallest absolute Gasteiger partial charge is 0.0411 e. The summed E-state index contributed by atoms with van der Waals surface area (Å²) in [4.78, 5) is 0. The van der Waals surface area contributed by atoms with Gasteiger partial charge in [0.15, 0.2) is 0 Å². The molecular formula is C12H17N. The Morgan fingerprint density at radius 3 is 2.62 bits per heavy atom. The lowest BCUT2D eigenvalue weighted by molar-refractivity contribution is 1.11. The van der Waals surface area contributed by atoms with Gasteiger partial charge in [-0.15, -0.1) is 0 Å². The van der Waals surface area contributed by atoms with E-state index < -0.39 is 0 Å². The van der Waals surface area contributed by atoms with E-state index in [-0.39, 0.29) is 0 Å². The van der Waals surface area contributed by atoms with E-state index in [0.29, 0.717) is 0 Å². The molecular weight excluding hydrogens is 158 g/mol. The van der Waals surface area contributed by atoms with Crippen LogP contribution in [0.15, 0.2) is 30.5 Å². The van der Waals surface area contributed by atoms with Crippen molar-refractivity contribution in [2.75, 3.05) is 5.32 Å². The summed E-state index contributed by atoms with van der Waals surface area (Å²) >= 11 is 0. The third-order valence-corrected chi connectivity index (χ3v) is 2.12. The van der Waals surface area contributed by atoms with Gasteiger partial charge in [-0.1, -0.05) is 31.2 Å². The molecule has 0 radical (unpaired) electrons. The zero-order valence-corrected chi connectivity index (χ0v) is 8.65. The van der Waals surface area contributed by atoms with Gasteiger partial charge in [0.1, 0.15) is 0 Å². The average Bonchev–Trinajstić information content (AvgIpc) is 2.09. The molecule has 13 heavy (non-hydrogen) atoms. The van der Waals surface area contributed by atoms with Crippen molar-refractivity contribution in [2.45, 2.75) is 27.2 Å². The Morgan fingerprint density at radius 1 is 1.38 bits per heavy atom. The fraction of sp³-hybridized carbons (Fsp3) is 0.333. The second-order valence-electron chi connectivity index (χ2n) is 3.40. The summed E-state index contributed by atoms with van der Waals surface area (Å²) in [5, 5.41) is 3.29. The molecule has 1 aromatic carbocycles. The van der Waals surface area contributed by atoms with E-state index in [1.807, 2.05) is 0 Å². The highest BCUT2D eigenvalue weighted by Gasteiger charge is 1.97. The normalized spacial score (nSPS) is 9.77. The predicted molar refractivity (Wildman–Crippen MR) is 59.0 cm³/mol. The summed E-state index contributed by atoms with van der Waals surface area (Å²) in [5.74, 6) is 0. The second-order valence-corrected chi connectivity index (χ2v) is 3.40. The number of hydrogen-bond acceptors (Lipinski definition) is 1. The van der Waals surface area contributed by atoms with Gasteiger partial charge in [-0.3, -0.25) is 0 Å². The molecule has 0 bridgehead atoms. The molecule has 0 aliphatic rings. The lowest BCUT2D eigenvalue weighted by Gasteiger charge is -2.10. The standard InChI is InChI=1S/C12H17N/c1-5-11(4)13-12-7-6-9(2)8-10(12)3/h6-8,13H,4-5H2,1-3H3. The molecule has 0 atom stereocenters. The van der Waals surface area contributed by atoms with Crippen LogP contribution in [0.3, 0.4) is 0 Å². The third-order valence-electron chi connectivity index (χ3n) is 2.12. The molecule has 1 rings (SSSR count). The fourth-order valence-corrected chi connectivity index (χ4v) is 1.23. The number of aryl methyl sites for hydroxylation is 2. The summed E-state index contributed by atoms with van der Waals surface area (Å²) in [6, 6.07) is 6.38. The maximum Gasteiger partial charge on any atom is 0.0411 e. The summed E-state index contributed by atoms with van der Waals surface area (Å²) in [5.41, 5.74) is 4.80. The largest absolute Gasteiger partial charge is 0.359 e. The van der Waals surface area contributed by atoms with E-state index in [1.165, 1.54) is 11.1 Å². The van der Waals surface area contributed by atoms with Crippen LogP contribution < -0.4 is 5.32 Å². The number of benzene rings is 1. The SMILES string of the molecule is C=C(CC)Nc1ccc(C)cc1C. The second kappa shape index (κ2) is 4.13. The topological polar surface area (TPSA) is 12.0 Å². The van der Waals surface area contributed by atoms with Crippen LogP contribution in [0.4, 0.5) is 5.69 Å². The van der Waals surface area contributed by atoms with Crippen molar-refractivity contribution in [1.29, 1.82) is 0 Å². The molecule has 1 heteroatoms. The molecule has 0 aliphatic heterocycles. The molecule has 0 heterocycles. The minimum absolute atomic E-state index is 0.966. The van der Waals surface area contributed by atoms with Crippen molar-refractivity contribution in [3.8, 4) is 0 Å². The van der Waals surface area contributed by atoms with Gasteiger partial charge in [-0.05, 0) is 31.9 Å². The van der Waals surface area contributed by atoms with Crippen LogP contribution in [0.5, 0.6) is 0 Å². The lowest BCUT2D eigenvalue weighted by atomic mass is 10.1. The van der Waals surface area contributed by atoms with Crippen molar-refractivity contribution in [3.05, 3.63) is 41.6 Å². The summed E-state index contributed by atoms with van der Waals surface area (Å²) < 4.78 is 0. The molecule has 70 valence electrons. The Hall–Kier alpha value is -1.24. The van der Waals surface area contributed by atoms with E-state index in [4.69, 9.17) is 0 Å². The first-order chi connectivity index (χ1) is 6.13. The number of allylic oxidation sites excluding steroid dienone is 1. The molecule has 0 saturated heterocycles. The van der Waals surface area contributed by atoms with Crippen LogP contribution >= 0.6 is 0 Å². The van der Waals surface area contributed by atoms with Crippen LogP contribution in [0.2, 0.25) is 0 Å². The van der Waals surface area contributed by atoms with E-state index in [0.717, 1.165) is 17.8 Å². The van der Waals surface area contributed by atoms with Crippen LogP contribution in [-0.2, 0) is 0 Å². The first-order valence-corrected chi connectivity index (χ1v) is 4.65. The van der Waals surface area contributed by atoms with E-state index in [9.17, 15) is 0 Å². The predicted octanol–water partition coefficient (Wildman–Crippen LogP) is 3.64. The summed E-state index contributed by atoms with van der Waals surface area (Å²) in [6.45, 7) is 10.2. The van der Waals surface area contributed by atoms with Gasteiger partial charge >= 0.3 is 0 Å². The molecule has 0 spiro atoms. The Labute approximate surface area is 80.5 Å². The van der Waals surface area contributed by atoms with Crippen molar-refractivity contribution in [1.82, 2.24) is 0 Å². The van der Waals surface area contributed by atoms with Crippen LogP contribution in [0.1, 0.15) is 24.5 Å². The molecule has 1 N–H and O–H groups in total. The van der Waals surface area contributed by atoms with Gasteiger partial charge < -0.3 is 5.32 Å². The van der Waals surface area contributed by atoms with Crippen molar-refractivity contribution < 1.29 is 0 Å². The maximum atomic E-state index is 3.92. The van der Waals surface area contributed by atoms with Crippen LogP contribution in [0.25, 0.3) is 0 Å². The van der Waals surface area contributed by atoms with Crippen molar-refractivity contribution in [2.24, 2.45) is 0 Å². The molecule has 0 saturated carbocycles. The van der Waals surface area contributed by atoms with Crippen LogP contribution in [-0.4, -0.2) is 0 Å². The molecule has 0 aliphatic carbocycles. The number of rotatable bonds is 3. The third kappa shape index (κ3) is 2.62. The highest BCUT2D eigenvalue weighted by atomic mass is 14.9. The first-order valence-electron chi connectivity index (χ1n) is 4.65. The molecule has 1 aromatic rings. The Morgan fingerprint density at radius 2 is 2.08 bits per heavy atom. The van der Waals surface area contributed by atoms with Gasteiger partial charge in [-0.25, -0.2) is 0 Å². The summed E-state index contributed by atoms with van der Waals surface area (Å²) in [7, 11) is 0. The van der Waals surface area contributed by atoms with Gasteiger partial charge in [0, 0.05) is 11.4 Å². The van der Waals surface area contributed by atoms with Crippen molar-refractivity contribution in [3.63, 3.8) is 0 Å². The Bertz CT molecular complexity index is 313. The van der Waals surface area contributed by atoms with Crippen molar-refractivity contribution >= 4 is 5.69 Å². The minimum atomic E-state index is 0.966. The van der Waals surface area contributed by atoms with Gasteiger partial charge in [0.05, 0.1) is 0 Å². The van der Waals surface area contributed by atoms with Gasteiger partial charge in [-0.2, -0.15) is 0 Å². The zero-order chi connectivity index (χ0) is 9.84. The number of anilines is 1. The molecule has 0 aromatic heterocycles. The van der Waals surface area contributed by atoms with Gasteiger partial charge in [0.2, 0.25) is 0 Å². The minimum Gasteiger partial charge on any atom is -0.359 e. The lowest BCUT2D eigenvalue weighted by Crippen LogP contribution is -1.98. The monoisotopic (exact) mass is 175 g/mol. The average molecular weight is 175 g/mol. The first kappa shape index (κ1) is 9.85. The summed E-state index contributed by atoms with van der Waals surface area (Å²) in [6.07, 6.45) is 0.966. The zero-order valence-electron chi connectivity index (χ0n) is 8.65. The number of hydrogen-bond donors (Lipinski definition) is 1. The number of nitrogens with one attached hydrogen (secondary N) is 1. The Balaban J connectivity index is 2.83. The van der Waals surface area contributed by atoms with Crippen LogP contribution in [0, 0.1) is 13.8 Å². The van der Waals surface area contributed by atoms with Gasteiger partial charge in [0.25, 0.3) is 0 Å². The highest BCUT2D eigenvalue weighted by Crippen LogP contribution is 2.17. The maximum absolute atomic E-state index is 3.92. The molecule has 0 fully saturated rings. The molecule has 0 amide bonds. The van der Waals surface area contributed by atoms with E-state index in [1.54, 1.807) is 0 Å². The Kier molecular flexibility index (Phi) is 3.13. The fourth-order valence-electron chi connectivity index (χ4n) is 1.23. The highest BCUT2D eigenvalue weighted by molar-refractivity contribution is 5.55. The molecule has 1 nitrogen and oxygen atoms in total. The quantitative estimate of drug-likeness (QED) is 0.739. The van der Waals surface area contributed by atoms with E-state index in [2.05, 4.69) is 50.9 Å². The van der Waals surface area contributed by atoms with E-state index >= 15 is 0 Å². The molecule has 0 unspecified atom stereocenters.